The maximum Gasteiger partial charge on any atom is 0.256 e. The molecule has 0 saturated heterocycles. The van der Waals surface area contributed by atoms with Crippen LogP contribution in [-0.2, 0) is 13.2 Å². The van der Waals surface area contributed by atoms with Crippen molar-refractivity contribution < 1.29 is 14.3 Å². The fourth-order valence-corrected chi connectivity index (χ4v) is 3.51. The summed E-state index contributed by atoms with van der Waals surface area (Å²) in [5.41, 5.74) is 2.46. The Bertz CT molecular complexity index is 1220. The summed E-state index contributed by atoms with van der Waals surface area (Å²) in [5, 5.41) is 7.95. The van der Waals surface area contributed by atoms with Gasteiger partial charge in [0.1, 0.15) is 18.1 Å². The van der Waals surface area contributed by atoms with Crippen molar-refractivity contribution >= 4 is 23.3 Å². The summed E-state index contributed by atoms with van der Waals surface area (Å²) < 4.78 is 13.0. The number of aromatic nitrogens is 2. The summed E-state index contributed by atoms with van der Waals surface area (Å²) in [7, 11) is 0. The van der Waals surface area contributed by atoms with Crippen molar-refractivity contribution in [3.63, 3.8) is 0 Å². The van der Waals surface area contributed by atoms with E-state index in [1.807, 2.05) is 79.9 Å². The fourth-order valence-electron chi connectivity index (χ4n) is 3.30. The van der Waals surface area contributed by atoms with Crippen LogP contribution in [0.2, 0.25) is 5.02 Å². The minimum atomic E-state index is -0.231. The number of halogens is 1. The van der Waals surface area contributed by atoms with Gasteiger partial charge in [0.2, 0.25) is 0 Å². The molecule has 0 fully saturated rings. The van der Waals surface area contributed by atoms with Crippen molar-refractivity contribution in [3.05, 3.63) is 107 Å². The van der Waals surface area contributed by atoms with Crippen molar-refractivity contribution in [1.82, 2.24) is 9.78 Å². The number of ether oxygens (including phenoxy) is 2. The first-order valence-corrected chi connectivity index (χ1v) is 11.0. The van der Waals surface area contributed by atoms with Crippen LogP contribution in [0.4, 0.5) is 5.82 Å². The molecule has 1 N–H and O–H groups in total. The second-order valence-corrected chi connectivity index (χ2v) is 7.81. The van der Waals surface area contributed by atoms with Crippen LogP contribution in [-0.4, -0.2) is 22.3 Å². The lowest BCUT2D eigenvalue weighted by molar-refractivity contribution is 0.102. The highest BCUT2D eigenvalue weighted by Crippen LogP contribution is 2.19. The van der Waals surface area contributed by atoms with Gasteiger partial charge in [-0.2, -0.15) is 5.10 Å². The predicted molar refractivity (Wildman–Crippen MR) is 129 cm³/mol. The smallest absolute Gasteiger partial charge is 0.256 e. The molecule has 0 unspecified atom stereocenters. The third kappa shape index (κ3) is 6.37. The van der Waals surface area contributed by atoms with E-state index < -0.39 is 0 Å². The Kier molecular flexibility index (Phi) is 7.27. The highest BCUT2D eigenvalue weighted by molar-refractivity contribution is 6.30. The van der Waals surface area contributed by atoms with E-state index in [0.29, 0.717) is 36.2 Å². The average molecular weight is 462 g/mol. The third-order valence-corrected chi connectivity index (χ3v) is 5.08. The lowest BCUT2D eigenvalue weighted by Gasteiger charge is -2.09. The van der Waals surface area contributed by atoms with E-state index >= 15 is 0 Å². The Morgan fingerprint density at radius 3 is 2.42 bits per heavy atom. The molecule has 6 nitrogen and oxygen atoms in total. The van der Waals surface area contributed by atoms with E-state index in [2.05, 4.69) is 10.4 Å². The van der Waals surface area contributed by atoms with Gasteiger partial charge in [0, 0.05) is 22.8 Å². The molecule has 0 saturated carbocycles. The van der Waals surface area contributed by atoms with E-state index in [4.69, 9.17) is 21.1 Å². The molecule has 0 aliphatic rings. The van der Waals surface area contributed by atoms with Crippen LogP contribution in [0.5, 0.6) is 11.5 Å². The van der Waals surface area contributed by atoms with Crippen LogP contribution in [0, 0.1) is 0 Å². The molecule has 1 heterocycles. The number of amides is 1. The van der Waals surface area contributed by atoms with E-state index in [-0.39, 0.29) is 5.91 Å². The molecule has 168 valence electrons. The number of benzene rings is 3. The molecule has 0 spiro atoms. The number of anilines is 1. The molecule has 33 heavy (non-hydrogen) atoms. The molecule has 4 rings (SSSR count). The van der Waals surface area contributed by atoms with Gasteiger partial charge in [-0.25, -0.2) is 0 Å². The second kappa shape index (κ2) is 10.7. The summed E-state index contributed by atoms with van der Waals surface area (Å²) in [4.78, 5) is 12.7. The second-order valence-electron chi connectivity index (χ2n) is 7.38. The number of nitrogens with one attached hydrogen (secondary N) is 1. The molecule has 0 radical (unpaired) electrons. The summed E-state index contributed by atoms with van der Waals surface area (Å²) in [6.45, 7) is 3.48. The topological polar surface area (TPSA) is 65.4 Å². The van der Waals surface area contributed by atoms with Gasteiger partial charge in [0.15, 0.2) is 5.82 Å². The maximum atomic E-state index is 12.7. The Hall–Kier alpha value is -3.77. The summed E-state index contributed by atoms with van der Waals surface area (Å²) in [5.74, 6) is 1.79. The molecule has 7 heteroatoms. The molecule has 0 atom stereocenters. The van der Waals surface area contributed by atoms with Crippen LogP contribution < -0.4 is 14.8 Å². The molecule has 0 aliphatic heterocycles. The molecule has 1 amide bonds. The number of rotatable bonds is 9. The van der Waals surface area contributed by atoms with Crippen LogP contribution in [0.1, 0.15) is 28.4 Å². The summed E-state index contributed by atoms with van der Waals surface area (Å²) in [6.07, 6.45) is 1.82. The van der Waals surface area contributed by atoms with Gasteiger partial charge in [-0.05, 0) is 66.6 Å². The van der Waals surface area contributed by atoms with Gasteiger partial charge in [-0.3, -0.25) is 9.48 Å². The Balaban J connectivity index is 1.34. The minimum Gasteiger partial charge on any atom is -0.494 e. The first-order valence-electron chi connectivity index (χ1n) is 10.6. The normalized spacial score (nSPS) is 10.6. The van der Waals surface area contributed by atoms with Crippen molar-refractivity contribution in [1.29, 1.82) is 0 Å². The van der Waals surface area contributed by atoms with Crippen molar-refractivity contribution in [2.75, 3.05) is 11.9 Å². The van der Waals surface area contributed by atoms with E-state index in [1.54, 1.807) is 16.8 Å². The fraction of sp³-hybridized carbons (Fsp3) is 0.154. The molecular weight excluding hydrogens is 438 g/mol. The zero-order chi connectivity index (χ0) is 23.0. The number of hydrogen-bond donors (Lipinski definition) is 1. The molecular formula is C26H24ClN3O3. The first kappa shape index (κ1) is 22.4. The van der Waals surface area contributed by atoms with E-state index in [0.717, 1.165) is 22.6 Å². The average Bonchev–Trinajstić information content (AvgIpc) is 3.25. The molecule has 0 bridgehead atoms. The Morgan fingerprint density at radius 1 is 0.939 bits per heavy atom. The number of carbonyl (C=O) groups excluding carboxylic acids is 1. The van der Waals surface area contributed by atoms with Crippen molar-refractivity contribution in [3.8, 4) is 11.5 Å². The van der Waals surface area contributed by atoms with Crippen LogP contribution in [0.25, 0.3) is 0 Å². The summed E-state index contributed by atoms with van der Waals surface area (Å²) in [6, 6.07) is 24.2. The van der Waals surface area contributed by atoms with Gasteiger partial charge in [-0.1, -0.05) is 35.9 Å². The lowest BCUT2D eigenvalue weighted by atomic mass is 10.1. The van der Waals surface area contributed by atoms with E-state index in [9.17, 15) is 4.79 Å². The lowest BCUT2D eigenvalue weighted by Crippen LogP contribution is -2.13. The van der Waals surface area contributed by atoms with Gasteiger partial charge in [0.05, 0.1) is 13.2 Å². The molecule has 3 aromatic carbocycles. The zero-order valence-electron chi connectivity index (χ0n) is 18.2. The minimum absolute atomic E-state index is 0.231. The first-order chi connectivity index (χ1) is 16.1. The summed E-state index contributed by atoms with van der Waals surface area (Å²) >= 11 is 6.04. The number of carbonyl (C=O) groups is 1. The monoisotopic (exact) mass is 461 g/mol. The highest BCUT2D eigenvalue weighted by atomic mass is 35.5. The van der Waals surface area contributed by atoms with Crippen LogP contribution in [0.3, 0.4) is 0 Å². The van der Waals surface area contributed by atoms with Gasteiger partial charge in [-0.15, -0.1) is 0 Å². The highest BCUT2D eigenvalue weighted by Gasteiger charge is 2.10. The van der Waals surface area contributed by atoms with Gasteiger partial charge in [0.25, 0.3) is 5.91 Å². The van der Waals surface area contributed by atoms with Crippen molar-refractivity contribution in [2.45, 2.75) is 20.1 Å². The largest absolute Gasteiger partial charge is 0.494 e. The molecule has 0 aliphatic carbocycles. The van der Waals surface area contributed by atoms with Gasteiger partial charge < -0.3 is 14.8 Å². The van der Waals surface area contributed by atoms with Gasteiger partial charge >= 0.3 is 0 Å². The quantitative estimate of drug-likeness (QED) is 0.341. The third-order valence-electron chi connectivity index (χ3n) is 4.85. The number of hydrogen-bond acceptors (Lipinski definition) is 4. The van der Waals surface area contributed by atoms with Crippen LogP contribution in [0.15, 0.2) is 85.1 Å². The maximum absolute atomic E-state index is 12.7. The zero-order valence-corrected chi connectivity index (χ0v) is 19.0. The SMILES string of the molecule is CCOc1ccc(OCc2cccc(C(=O)Nc3ccn(Cc4cccc(Cl)c4)n3)c2)cc1. The Labute approximate surface area is 197 Å². The predicted octanol–water partition coefficient (Wildman–Crippen LogP) is 5.81. The molecule has 4 aromatic rings. The Morgan fingerprint density at radius 2 is 1.67 bits per heavy atom. The van der Waals surface area contributed by atoms with Crippen molar-refractivity contribution in [2.24, 2.45) is 0 Å². The van der Waals surface area contributed by atoms with Crippen LogP contribution >= 0.6 is 11.6 Å². The number of nitrogens with zero attached hydrogens (tertiary/aromatic N) is 2. The standard InChI is InChI=1S/C26H24ClN3O3/c1-2-32-23-9-11-24(12-10-23)33-18-20-6-3-7-21(15-20)26(31)28-25-13-14-30(29-25)17-19-5-4-8-22(27)16-19/h3-16H,2,17-18H2,1H3,(H,28,29,31). The van der Waals surface area contributed by atoms with E-state index in [1.165, 1.54) is 0 Å². The molecule has 1 aromatic heterocycles.